The Morgan fingerprint density at radius 2 is 1.72 bits per heavy atom. The Morgan fingerprint density at radius 3 is 2.28 bits per heavy atom. The summed E-state index contributed by atoms with van der Waals surface area (Å²) in [4.78, 5) is 24.4. The first-order chi connectivity index (χ1) is 16.6. The maximum Gasteiger partial charge on any atom is 0.417 e. The molecule has 0 saturated carbocycles. The number of hydrogen-bond acceptors (Lipinski definition) is 4. The van der Waals surface area contributed by atoms with Crippen molar-refractivity contribution in [3.8, 4) is 5.75 Å². The minimum absolute atomic E-state index is 0.264. The Balaban J connectivity index is 2.11. The Morgan fingerprint density at radius 1 is 1.11 bits per heavy atom. The lowest BCUT2D eigenvalue weighted by Crippen LogP contribution is -2.47. The highest BCUT2D eigenvalue weighted by Crippen LogP contribution is 2.55. The van der Waals surface area contributed by atoms with Gasteiger partial charge in [-0.05, 0) is 31.2 Å². The first-order valence-corrected chi connectivity index (χ1v) is 10.2. The highest BCUT2D eigenvalue weighted by molar-refractivity contribution is 5.98. The fraction of sp³-hybridized carbons (Fsp3) is 0.364. The number of anilines is 1. The van der Waals surface area contributed by atoms with Crippen molar-refractivity contribution in [3.05, 3.63) is 58.9 Å². The molecule has 2 aromatic carbocycles. The number of alkyl halides is 5. The molecule has 0 unspecified atom stereocenters. The lowest BCUT2D eigenvalue weighted by Gasteiger charge is -2.32. The van der Waals surface area contributed by atoms with Gasteiger partial charge in [0.25, 0.3) is 11.8 Å². The summed E-state index contributed by atoms with van der Waals surface area (Å²) in [6, 6.07) is 3.74. The molecular weight excluding hydrogens is 508 g/mol. The molecule has 2 amide bonds. The second-order valence-corrected chi connectivity index (χ2v) is 8.16. The van der Waals surface area contributed by atoms with E-state index in [9.17, 15) is 44.7 Å². The van der Waals surface area contributed by atoms with Crippen molar-refractivity contribution in [2.45, 2.75) is 44.3 Å². The number of rotatable bonds is 6. The van der Waals surface area contributed by atoms with E-state index in [1.165, 1.54) is 0 Å². The molecular formula is C22H18F8N2O4. The standard InChI is InChI=1S/C22H18F8N2O4/c1-8-14(10-4-6-13(24)15(25)16(10)35-20(26)27)17(36-21(8,2)22(28,29)30)19(34)32-9-3-5-12(23)11(7-9)18(31)33/h3-8,14,17,20H,1-2H3,(H2,31,33)(H,32,34)/t8-,14-,17+,21-/m1/s1. The number of hydrogen-bond donors (Lipinski definition) is 2. The predicted molar refractivity (Wildman–Crippen MR) is 108 cm³/mol. The summed E-state index contributed by atoms with van der Waals surface area (Å²) in [6.07, 6.45) is -7.18. The smallest absolute Gasteiger partial charge is 0.417 e. The summed E-state index contributed by atoms with van der Waals surface area (Å²) in [7, 11) is 0. The van der Waals surface area contributed by atoms with Gasteiger partial charge < -0.3 is 20.5 Å². The predicted octanol–water partition coefficient (Wildman–Crippen LogP) is 4.88. The zero-order chi connectivity index (χ0) is 27.2. The van der Waals surface area contributed by atoms with E-state index in [2.05, 4.69) is 10.1 Å². The van der Waals surface area contributed by atoms with Crippen LogP contribution in [0.2, 0.25) is 0 Å². The van der Waals surface area contributed by atoms with Crippen molar-refractivity contribution in [1.29, 1.82) is 0 Å². The van der Waals surface area contributed by atoms with Gasteiger partial charge in [0.2, 0.25) is 5.82 Å². The Hall–Kier alpha value is -3.42. The minimum atomic E-state index is -5.09. The van der Waals surface area contributed by atoms with Crippen LogP contribution in [0.1, 0.15) is 35.7 Å². The first-order valence-electron chi connectivity index (χ1n) is 10.2. The molecule has 0 spiro atoms. The topological polar surface area (TPSA) is 90.6 Å². The molecule has 1 heterocycles. The van der Waals surface area contributed by atoms with Gasteiger partial charge in [-0.15, -0.1) is 0 Å². The van der Waals surface area contributed by atoms with Crippen LogP contribution in [-0.4, -0.2) is 36.3 Å². The SMILES string of the molecule is C[C@@H]1[C@H](c2ccc(F)c(F)c2OC(F)F)[C@@H](C(=O)Nc2ccc(F)c(C(N)=O)c2)O[C@@]1(C)C(F)(F)F. The van der Waals surface area contributed by atoms with Crippen molar-refractivity contribution in [2.75, 3.05) is 5.32 Å². The van der Waals surface area contributed by atoms with Crippen LogP contribution in [0.25, 0.3) is 0 Å². The van der Waals surface area contributed by atoms with Gasteiger partial charge in [-0.3, -0.25) is 9.59 Å². The molecule has 1 fully saturated rings. The summed E-state index contributed by atoms with van der Waals surface area (Å²) >= 11 is 0. The largest absolute Gasteiger partial charge is 0.431 e. The van der Waals surface area contributed by atoms with Crippen LogP contribution in [-0.2, 0) is 9.53 Å². The van der Waals surface area contributed by atoms with E-state index < -0.39 is 82.5 Å². The van der Waals surface area contributed by atoms with Gasteiger partial charge in [0.05, 0.1) is 5.56 Å². The summed E-state index contributed by atoms with van der Waals surface area (Å²) in [5, 5.41) is 2.14. The van der Waals surface area contributed by atoms with Gasteiger partial charge >= 0.3 is 12.8 Å². The van der Waals surface area contributed by atoms with Gasteiger partial charge in [-0.1, -0.05) is 13.0 Å². The Labute approximate surface area is 198 Å². The van der Waals surface area contributed by atoms with Crippen LogP contribution < -0.4 is 15.8 Å². The summed E-state index contributed by atoms with van der Waals surface area (Å²) in [5.41, 5.74) is 0.424. The fourth-order valence-electron chi connectivity index (χ4n) is 4.05. The van der Waals surface area contributed by atoms with Gasteiger partial charge in [-0.2, -0.15) is 26.3 Å². The third-order valence-corrected chi connectivity index (χ3v) is 6.07. The molecule has 1 saturated heterocycles. The Kier molecular flexibility index (Phi) is 7.22. The average molecular weight is 526 g/mol. The third kappa shape index (κ3) is 4.81. The molecule has 0 bridgehead atoms. The van der Waals surface area contributed by atoms with Gasteiger partial charge in [0.1, 0.15) is 11.9 Å². The number of nitrogens with one attached hydrogen (secondary N) is 1. The van der Waals surface area contributed by atoms with E-state index in [4.69, 9.17) is 10.5 Å². The first kappa shape index (κ1) is 27.2. The maximum atomic E-state index is 14.4. The monoisotopic (exact) mass is 526 g/mol. The number of ether oxygens (including phenoxy) is 2. The van der Waals surface area contributed by atoms with Crippen molar-refractivity contribution >= 4 is 17.5 Å². The van der Waals surface area contributed by atoms with Crippen molar-refractivity contribution < 1.29 is 54.2 Å². The lowest BCUT2D eigenvalue weighted by atomic mass is 9.77. The molecule has 1 aliphatic rings. The number of carbonyl (C=O) groups is 2. The van der Waals surface area contributed by atoms with Gasteiger partial charge in [0.15, 0.2) is 17.2 Å². The number of carbonyl (C=O) groups excluding carboxylic acids is 2. The van der Waals surface area contributed by atoms with E-state index in [-0.39, 0.29) is 5.69 Å². The number of benzene rings is 2. The zero-order valence-electron chi connectivity index (χ0n) is 18.4. The zero-order valence-corrected chi connectivity index (χ0v) is 18.4. The summed E-state index contributed by atoms with van der Waals surface area (Å²) < 4.78 is 119. The van der Waals surface area contributed by atoms with E-state index in [0.717, 1.165) is 25.1 Å². The van der Waals surface area contributed by atoms with Crippen LogP contribution in [0.4, 0.5) is 40.8 Å². The highest BCUT2D eigenvalue weighted by atomic mass is 19.4. The quantitative estimate of drug-likeness (QED) is 0.525. The van der Waals surface area contributed by atoms with E-state index in [1.54, 1.807) is 0 Å². The fourth-order valence-corrected chi connectivity index (χ4v) is 4.05. The summed E-state index contributed by atoms with van der Waals surface area (Å²) in [5.74, 6) is -11.9. The molecule has 2 aromatic rings. The average Bonchev–Trinajstić information content (AvgIpc) is 3.04. The molecule has 0 aromatic heterocycles. The number of primary amides is 1. The maximum absolute atomic E-state index is 14.4. The molecule has 3 rings (SSSR count). The van der Waals surface area contributed by atoms with Gasteiger partial charge in [-0.25, -0.2) is 8.78 Å². The Bertz CT molecular complexity index is 1190. The van der Waals surface area contributed by atoms with Crippen LogP contribution in [0, 0.1) is 23.4 Å². The third-order valence-electron chi connectivity index (χ3n) is 6.07. The van der Waals surface area contributed by atoms with Crippen LogP contribution in [0.3, 0.4) is 0 Å². The number of nitrogens with two attached hydrogens (primary N) is 1. The molecule has 36 heavy (non-hydrogen) atoms. The molecule has 3 N–H and O–H groups in total. The second-order valence-electron chi connectivity index (χ2n) is 8.16. The molecule has 0 radical (unpaired) electrons. The number of amides is 2. The molecule has 4 atom stereocenters. The minimum Gasteiger partial charge on any atom is -0.431 e. The van der Waals surface area contributed by atoms with E-state index >= 15 is 0 Å². The van der Waals surface area contributed by atoms with E-state index in [0.29, 0.717) is 19.1 Å². The second kappa shape index (κ2) is 9.56. The van der Waals surface area contributed by atoms with Gasteiger partial charge in [0, 0.05) is 23.1 Å². The normalized spacial score (nSPS) is 24.1. The van der Waals surface area contributed by atoms with Crippen molar-refractivity contribution in [2.24, 2.45) is 11.7 Å². The molecule has 1 aliphatic heterocycles. The molecule has 0 aliphatic carbocycles. The summed E-state index contributed by atoms with van der Waals surface area (Å²) in [6.45, 7) is -2.08. The van der Waals surface area contributed by atoms with Crippen LogP contribution in [0.15, 0.2) is 30.3 Å². The van der Waals surface area contributed by atoms with E-state index in [1.807, 2.05) is 0 Å². The molecule has 196 valence electrons. The van der Waals surface area contributed by atoms with Crippen LogP contribution >= 0.6 is 0 Å². The van der Waals surface area contributed by atoms with Crippen molar-refractivity contribution in [1.82, 2.24) is 0 Å². The van der Waals surface area contributed by atoms with Crippen LogP contribution in [0.5, 0.6) is 5.75 Å². The lowest BCUT2D eigenvalue weighted by molar-refractivity contribution is -0.272. The molecule has 14 heteroatoms. The molecule has 6 nitrogen and oxygen atoms in total. The van der Waals surface area contributed by atoms with Crippen molar-refractivity contribution in [3.63, 3.8) is 0 Å². The number of halogens is 8. The highest BCUT2D eigenvalue weighted by Gasteiger charge is 2.66.